The lowest BCUT2D eigenvalue weighted by Gasteiger charge is -2.17. The molecule has 0 N–H and O–H groups in total. The number of ether oxygens (including phenoxy) is 2. The summed E-state index contributed by atoms with van der Waals surface area (Å²) in [6.07, 6.45) is 0.800. The highest BCUT2D eigenvalue weighted by molar-refractivity contribution is 7.88. The summed E-state index contributed by atoms with van der Waals surface area (Å²) in [4.78, 5) is 0. The van der Waals surface area contributed by atoms with E-state index in [-0.39, 0.29) is 18.5 Å². The first-order valence-electron chi connectivity index (χ1n) is 8.13. The minimum absolute atomic E-state index is 0.0264. The molecule has 4 rings (SSSR count). The van der Waals surface area contributed by atoms with Crippen molar-refractivity contribution in [3.8, 4) is 11.5 Å². The van der Waals surface area contributed by atoms with Gasteiger partial charge < -0.3 is 9.47 Å². The molecule has 0 aliphatic carbocycles. The average Bonchev–Trinajstić information content (AvgIpc) is 3.23. The van der Waals surface area contributed by atoms with Gasteiger partial charge in [0.15, 0.2) is 11.5 Å². The van der Waals surface area contributed by atoms with E-state index in [2.05, 4.69) is 0 Å². The molecule has 2 aliphatic rings. The van der Waals surface area contributed by atoms with Crippen molar-refractivity contribution in [2.75, 3.05) is 19.9 Å². The van der Waals surface area contributed by atoms with Gasteiger partial charge in [0.2, 0.25) is 16.8 Å². The Morgan fingerprint density at radius 1 is 1.12 bits per heavy atom. The fraction of sp³-hybridized carbons (Fsp3) is 0.333. The van der Waals surface area contributed by atoms with E-state index in [0.29, 0.717) is 23.7 Å². The van der Waals surface area contributed by atoms with Gasteiger partial charge in [-0.2, -0.15) is 0 Å². The van der Waals surface area contributed by atoms with Crippen LogP contribution in [0.3, 0.4) is 0 Å². The molecular weight excluding hydrogens is 362 g/mol. The molecular formula is C18H18ClNO4S. The Kier molecular flexibility index (Phi) is 4.35. The smallest absolute Gasteiger partial charge is 0.231 e. The molecule has 1 fully saturated rings. The van der Waals surface area contributed by atoms with E-state index in [0.717, 1.165) is 23.5 Å². The third-order valence-corrected chi connectivity index (χ3v) is 6.70. The van der Waals surface area contributed by atoms with Crippen LogP contribution in [0, 0.1) is 0 Å². The van der Waals surface area contributed by atoms with Gasteiger partial charge in [0, 0.05) is 18.1 Å². The summed E-state index contributed by atoms with van der Waals surface area (Å²) in [5.41, 5.74) is 1.80. The lowest BCUT2D eigenvalue weighted by Crippen LogP contribution is -2.29. The average molecular weight is 380 g/mol. The van der Waals surface area contributed by atoms with Gasteiger partial charge in [-0.3, -0.25) is 0 Å². The fourth-order valence-corrected chi connectivity index (χ4v) is 5.14. The Labute approximate surface area is 152 Å². The van der Waals surface area contributed by atoms with E-state index in [1.165, 1.54) is 0 Å². The zero-order valence-electron chi connectivity index (χ0n) is 13.5. The Morgan fingerprint density at radius 2 is 1.96 bits per heavy atom. The summed E-state index contributed by atoms with van der Waals surface area (Å²) in [6.45, 7) is 1.26. The van der Waals surface area contributed by atoms with Crippen LogP contribution in [0.25, 0.3) is 0 Å². The number of hydrogen-bond donors (Lipinski definition) is 0. The minimum Gasteiger partial charge on any atom is -0.454 e. The van der Waals surface area contributed by atoms with E-state index in [1.807, 2.05) is 18.2 Å². The van der Waals surface area contributed by atoms with Crippen molar-refractivity contribution in [3.63, 3.8) is 0 Å². The molecule has 0 radical (unpaired) electrons. The van der Waals surface area contributed by atoms with E-state index in [4.69, 9.17) is 21.1 Å². The fourth-order valence-electron chi connectivity index (χ4n) is 3.35. The van der Waals surface area contributed by atoms with Gasteiger partial charge in [-0.05, 0) is 47.7 Å². The van der Waals surface area contributed by atoms with Crippen molar-refractivity contribution in [3.05, 3.63) is 58.6 Å². The molecule has 0 saturated carbocycles. The maximum Gasteiger partial charge on any atom is 0.231 e. The van der Waals surface area contributed by atoms with Crippen LogP contribution in [0.4, 0.5) is 0 Å². The molecule has 2 aliphatic heterocycles. The highest BCUT2D eigenvalue weighted by atomic mass is 35.5. The van der Waals surface area contributed by atoms with Crippen LogP contribution in [-0.4, -0.2) is 32.6 Å². The van der Waals surface area contributed by atoms with Gasteiger partial charge in [-0.1, -0.05) is 29.8 Å². The van der Waals surface area contributed by atoms with Crippen LogP contribution in [0.15, 0.2) is 42.5 Å². The quantitative estimate of drug-likeness (QED) is 0.817. The Balaban J connectivity index is 1.48. The van der Waals surface area contributed by atoms with Crippen molar-refractivity contribution in [2.24, 2.45) is 0 Å². The standard InChI is InChI=1S/C18H18ClNO4S/c19-16-3-1-2-13(8-16)11-25(21,22)20-7-6-15(10-20)14-4-5-17-18(9-14)24-12-23-17/h1-5,8-9,15H,6-7,10-12H2. The summed E-state index contributed by atoms with van der Waals surface area (Å²) in [5, 5.41) is 0.548. The van der Waals surface area contributed by atoms with Gasteiger partial charge in [0.25, 0.3) is 0 Å². The monoisotopic (exact) mass is 379 g/mol. The van der Waals surface area contributed by atoms with Gasteiger partial charge >= 0.3 is 0 Å². The zero-order valence-corrected chi connectivity index (χ0v) is 15.1. The van der Waals surface area contributed by atoms with Crippen molar-refractivity contribution >= 4 is 21.6 Å². The number of benzene rings is 2. The number of hydrogen-bond acceptors (Lipinski definition) is 4. The molecule has 1 atom stereocenters. The Hall–Kier alpha value is -1.76. The van der Waals surface area contributed by atoms with Crippen LogP contribution >= 0.6 is 11.6 Å². The number of halogens is 1. The third-order valence-electron chi connectivity index (χ3n) is 4.65. The highest BCUT2D eigenvalue weighted by Gasteiger charge is 2.32. The summed E-state index contributed by atoms with van der Waals surface area (Å²) in [7, 11) is -3.36. The summed E-state index contributed by atoms with van der Waals surface area (Å²) in [6, 6.07) is 12.8. The maximum atomic E-state index is 12.7. The predicted molar refractivity (Wildman–Crippen MR) is 95.6 cm³/mol. The second kappa shape index (κ2) is 6.52. The van der Waals surface area contributed by atoms with Crippen LogP contribution in [-0.2, 0) is 15.8 Å². The van der Waals surface area contributed by atoms with Crippen molar-refractivity contribution < 1.29 is 17.9 Å². The lowest BCUT2D eigenvalue weighted by atomic mass is 9.98. The topological polar surface area (TPSA) is 55.8 Å². The molecule has 1 unspecified atom stereocenters. The van der Waals surface area contributed by atoms with E-state index < -0.39 is 10.0 Å². The van der Waals surface area contributed by atoms with Crippen LogP contribution in [0.2, 0.25) is 5.02 Å². The number of fused-ring (bicyclic) bond motifs is 1. The lowest BCUT2D eigenvalue weighted by molar-refractivity contribution is 0.174. The first kappa shape index (κ1) is 16.7. The molecule has 2 aromatic carbocycles. The van der Waals surface area contributed by atoms with Crippen molar-refractivity contribution in [1.29, 1.82) is 0 Å². The van der Waals surface area contributed by atoms with Gasteiger partial charge in [-0.15, -0.1) is 0 Å². The predicted octanol–water partition coefficient (Wildman–Crippen LogP) is 3.39. The second-order valence-corrected chi connectivity index (χ2v) is 8.75. The second-order valence-electron chi connectivity index (χ2n) is 6.34. The van der Waals surface area contributed by atoms with Crippen LogP contribution in [0.5, 0.6) is 11.5 Å². The first-order chi connectivity index (χ1) is 12.0. The largest absolute Gasteiger partial charge is 0.454 e. The molecule has 7 heteroatoms. The number of nitrogens with zero attached hydrogens (tertiary/aromatic N) is 1. The van der Waals surface area contributed by atoms with Gasteiger partial charge in [0.05, 0.1) is 5.75 Å². The number of sulfonamides is 1. The third kappa shape index (κ3) is 3.47. The molecule has 0 aromatic heterocycles. The minimum atomic E-state index is -3.36. The zero-order chi connectivity index (χ0) is 17.4. The van der Waals surface area contributed by atoms with Gasteiger partial charge in [-0.25, -0.2) is 12.7 Å². The SMILES string of the molecule is O=S(=O)(Cc1cccc(Cl)c1)N1CCC(c2ccc3c(c2)OCO3)C1. The molecule has 2 aromatic rings. The molecule has 5 nitrogen and oxygen atoms in total. The van der Waals surface area contributed by atoms with E-state index in [9.17, 15) is 8.42 Å². The highest BCUT2D eigenvalue weighted by Crippen LogP contribution is 2.37. The summed E-state index contributed by atoms with van der Waals surface area (Å²) >= 11 is 5.95. The Bertz CT molecular complexity index is 900. The molecule has 132 valence electrons. The summed E-state index contributed by atoms with van der Waals surface area (Å²) < 4.78 is 37.7. The van der Waals surface area contributed by atoms with Crippen molar-refractivity contribution in [1.82, 2.24) is 4.31 Å². The van der Waals surface area contributed by atoms with Crippen molar-refractivity contribution in [2.45, 2.75) is 18.1 Å². The molecule has 0 bridgehead atoms. The summed E-state index contributed by atoms with van der Waals surface area (Å²) in [5.74, 6) is 1.62. The molecule has 0 amide bonds. The molecule has 2 heterocycles. The van der Waals surface area contributed by atoms with E-state index >= 15 is 0 Å². The number of rotatable bonds is 4. The Morgan fingerprint density at radius 3 is 2.80 bits per heavy atom. The first-order valence-corrected chi connectivity index (χ1v) is 10.1. The molecule has 25 heavy (non-hydrogen) atoms. The molecule has 0 spiro atoms. The molecule has 1 saturated heterocycles. The van der Waals surface area contributed by atoms with Crippen LogP contribution in [0.1, 0.15) is 23.5 Å². The van der Waals surface area contributed by atoms with Gasteiger partial charge in [0.1, 0.15) is 0 Å². The van der Waals surface area contributed by atoms with E-state index in [1.54, 1.807) is 28.6 Å². The maximum absolute atomic E-state index is 12.7. The normalized spacial score (nSPS) is 20.1. The van der Waals surface area contributed by atoms with Crippen LogP contribution < -0.4 is 9.47 Å².